The van der Waals surface area contributed by atoms with Crippen molar-refractivity contribution in [2.45, 2.75) is 13.8 Å². The summed E-state index contributed by atoms with van der Waals surface area (Å²) in [5, 5.41) is 0.561. The first-order chi connectivity index (χ1) is 17.4. The minimum absolute atomic E-state index is 0.169. The van der Waals surface area contributed by atoms with E-state index in [9.17, 15) is 9.36 Å². The summed E-state index contributed by atoms with van der Waals surface area (Å²) in [5.41, 5.74) is 3.45. The van der Waals surface area contributed by atoms with Crippen LogP contribution in [0.5, 0.6) is 5.75 Å². The lowest BCUT2D eigenvalue weighted by Crippen LogP contribution is -2.15. The van der Waals surface area contributed by atoms with Crippen molar-refractivity contribution in [2.24, 2.45) is 0 Å². The van der Waals surface area contributed by atoms with Crippen LogP contribution in [-0.2, 0) is 13.6 Å². The Morgan fingerprint density at radius 3 is 2.03 bits per heavy atom. The van der Waals surface area contributed by atoms with Crippen molar-refractivity contribution < 1.29 is 23.1 Å². The number of methoxy groups -OCH3 is 1. The first kappa shape index (κ1) is 25.9. The van der Waals surface area contributed by atoms with Crippen molar-refractivity contribution in [2.75, 3.05) is 20.3 Å². The molecular formula is C28H27ClNO5P. The molecule has 3 aromatic carbocycles. The molecule has 0 fully saturated rings. The molecular weight excluding hydrogens is 497 g/mol. The molecule has 0 aliphatic heterocycles. The molecule has 0 amide bonds. The fourth-order valence-corrected chi connectivity index (χ4v) is 5.93. The number of halogens is 1. The molecule has 1 N–H and O–H groups in total. The topological polar surface area (TPSA) is 77.6 Å². The van der Waals surface area contributed by atoms with E-state index in [1.165, 1.54) is 0 Å². The Labute approximate surface area is 215 Å². The summed E-state index contributed by atoms with van der Waals surface area (Å²) in [4.78, 5) is 17.4. The van der Waals surface area contributed by atoms with Crippen LogP contribution in [0.1, 0.15) is 29.8 Å². The molecule has 0 aliphatic carbocycles. The maximum absolute atomic E-state index is 14.1. The number of carbonyl (C=O) groups excluding carboxylic acids is 1. The molecule has 0 unspecified atom stereocenters. The van der Waals surface area contributed by atoms with Gasteiger partial charge in [0, 0.05) is 16.1 Å². The smallest absolute Gasteiger partial charge is 0.378 e. The highest BCUT2D eigenvalue weighted by molar-refractivity contribution is 7.62. The van der Waals surface area contributed by atoms with E-state index in [4.69, 9.17) is 25.4 Å². The number of ketones is 1. The van der Waals surface area contributed by atoms with E-state index < -0.39 is 7.60 Å². The van der Waals surface area contributed by atoms with Crippen LogP contribution >= 0.6 is 19.2 Å². The Morgan fingerprint density at radius 2 is 1.47 bits per heavy atom. The number of aromatic nitrogens is 1. The average molecular weight is 524 g/mol. The molecule has 186 valence electrons. The lowest BCUT2D eigenvalue weighted by atomic mass is 9.93. The minimum atomic E-state index is -3.81. The van der Waals surface area contributed by atoms with E-state index in [-0.39, 0.29) is 24.4 Å². The normalized spacial score (nSPS) is 11.4. The Morgan fingerprint density at radius 1 is 0.861 bits per heavy atom. The van der Waals surface area contributed by atoms with Gasteiger partial charge in [-0.15, -0.1) is 0 Å². The largest absolute Gasteiger partial charge is 0.497 e. The maximum Gasteiger partial charge on any atom is 0.378 e. The molecule has 6 nitrogen and oxygen atoms in total. The SMILES string of the molecule is CCOP(=O)(OCC)c1[nH]c(-c2ccc(Cl)cc2)c(C(=O)c2ccc(OC)cc2)c1-c1ccccc1. The summed E-state index contributed by atoms with van der Waals surface area (Å²) in [6, 6.07) is 23.3. The Bertz CT molecular complexity index is 1370. The highest BCUT2D eigenvalue weighted by atomic mass is 35.5. The second-order valence-corrected chi connectivity index (χ2v) is 10.3. The molecule has 8 heteroatoms. The molecule has 0 aliphatic rings. The number of rotatable bonds is 10. The van der Waals surface area contributed by atoms with Crippen LogP contribution in [0.4, 0.5) is 0 Å². The van der Waals surface area contributed by atoms with Gasteiger partial charge in [-0.3, -0.25) is 9.36 Å². The van der Waals surface area contributed by atoms with Gasteiger partial charge >= 0.3 is 7.60 Å². The van der Waals surface area contributed by atoms with E-state index in [0.717, 1.165) is 0 Å². The number of aromatic amines is 1. The van der Waals surface area contributed by atoms with Gasteiger partial charge in [-0.05, 0) is 61.4 Å². The van der Waals surface area contributed by atoms with Crippen LogP contribution in [0.25, 0.3) is 22.4 Å². The number of carbonyl (C=O) groups is 1. The van der Waals surface area contributed by atoms with Gasteiger partial charge in [0.1, 0.15) is 11.2 Å². The molecule has 0 radical (unpaired) electrons. The van der Waals surface area contributed by atoms with Gasteiger partial charge in [-0.2, -0.15) is 0 Å². The van der Waals surface area contributed by atoms with Gasteiger partial charge in [0.2, 0.25) is 0 Å². The predicted octanol–water partition coefficient (Wildman–Crippen LogP) is 7.13. The third-order valence-corrected chi connectivity index (χ3v) is 7.96. The van der Waals surface area contributed by atoms with Gasteiger partial charge in [-0.25, -0.2) is 0 Å². The van der Waals surface area contributed by atoms with Crippen LogP contribution in [-0.4, -0.2) is 31.1 Å². The number of nitrogens with one attached hydrogen (secondary N) is 1. The third-order valence-electron chi connectivity index (χ3n) is 5.63. The van der Waals surface area contributed by atoms with Gasteiger partial charge < -0.3 is 18.8 Å². The molecule has 0 saturated carbocycles. The molecule has 0 saturated heterocycles. The number of hydrogen-bond acceptors (Lipinski definition) is 5. The Kier molecular flexibility index (Phi) is 8.12. The second kappa shape index (κ2) is 11.3. The summed E-state index contributed by atoms with van der Waals surface area (Å²) in [5.74, 6) is 0.392. The summed E-state index contributed by atoms with van der Waals surface area (Å²) in [6.07, 6.45) is 0. The molecule has 36 heavy (non-hydrogen) atoms. The monoisotopic (exact) mass is 523 g/mol. The molecule has 0 spiro atoms. The van der Waals surface area contributed by atoms with Crippen molar-refractivity contribution in [3.63, 3.8) is 0 Å². The first-order valence-corrected chi connectivity index (χ1v) is 13.5. The van der Waals surface area contributed by atoms with E-state index in [2.05, 4.69) is 4.98 Å². The summed E-state index contributed by atoms with van der Waals surface area (Å²) < 4.78 is 30.8. The fraction of sp³-hybridized carbons (Fsp3) is 0.179. The summed E-state index contributed by atoms with van der Waals surface area (Å²) in [7, 11) is -2.24. The zero-order valence-electron chi connectivity index (χ0n) is 20.3. The third kappa shape index (κ3) is 5.18. The van der Waals surface area contributed by atoms with Crippen molar-refractivity contribution in [3.05, 3.63) is 95.0 Å². The van der Waals surface area contributed by atoms with E-state index in [0.29, 0.717) is 44.3 Å². The Balaban J connectivity index is 2.06. The fourth-order valence-electron chi connectivity index (χ4n) is 4.03. The van der Waals surface area contributed by atoms with E-state index in [1.807, 2.05) is 42.5 Å². The molecule has 0 atom stereocenters. The standard InChI is InChI=1S/C28H27ClNO5P/c1-4-34-36(32,35-5-2)28-24(19-9-7-6-8-10-19)25(26(30-28)20-11-15-22(29)16-12-20)27(31)21-13-17-23(33-3)18-14-21/h6-18,30H,4-5H2,1-3H3. The van der Waals surface area contributed by atoms with Crippen molar-refractivity contribution in [3.8, 4) is 28.1 Å². The zero-order chi connectivity index (χ0) is 25.7. The Hall–Kier alpha value is -3.15. The number of ether oxygens (including phenoxy) is 1. The second-order valence-electron chi connectivity index (χ2n) is 7.86. The van der Waals surface area contributed by atoms with Gasteiger partial charge in [0.05, 0.1) is 31.6 Å². The lowest BCUT2D eigenvalue weighted by molar-refractivity contribution is 0.104. The maximum atomic E-state index is 14.1. The molecule has 4 rings (SSSR count). The summed E-state index contributed by atoms with van der Waals surface area (Å²) >= 11 is 6.14. The predicted molar refractivity (Wildman–Crippen MR) is 144 cm³/mol. The van der Waals surface area contributed by atoms with Crippen LogP contribution in [0.3, 0.4) is 0 Å². The highest BCUT2D eigenvalue weighted by Crippen LogP contribution is 2.51. The molecule has 1 aromatic heterocycles. The van der Waals surface area contributed by atoms with Crippen molar-refractivity contribution in [1.82, 2.24) is 4.98 Å². The average Bonchev–Trinajstić information content (AvgIpc) is 3.31. The first-order valence-electron chi connectivity index (χ1n) is 11.6. The van der Waals surface area contributed by atoms with Crippen LogP contribution in [0.15, 0.2) is 78.9 Å². The van der Waals surface area contributed by atoms with E-state index >= 15 is 0 Å². The highest BCUT2D eigenvalue weighted by Gasteiger charge is 2.37. The number of benzene rings is 3. The van der Waals surface area contributed by atoms with Gasteiger partial charge in [-0.1, -0.05) is 54.1 Å². The van der Waals surface area contributed by atoms with Crippen molar-refractivity contribution in [1.29, 1.82) is 0 Å². The number of hydrogen-bond donors (Lipinski definition) is 1. The van der Waals surface area contributed by atoms with Crippen LogP contribution < -0.4 is 10.2 Å². The zero-order valence-corrected chi connectivity index (χ0v) is 21.9. The number of H-pyrrole nitrogens is 1. The van der Waals surface area contributed by atoms with Crippen molar-refractivity contribution >= 4 is 30.4 Å². The minimum Gasteiger partial charge on any atom is -0.497 e. The lowest BCUT2D eigenvalue weighted by Gasteiger charge is -2.18. The van der Waals surface area contributed by atoms with Gasteiger partial charge in [0.15, 0.2) is 5.78 Å². The van der Waals surface area contributed by atoms with Gasteiger partial charge in [0.25, 0.3) is 0 Å². The van der Waals surface area contributed by atoms with E-state index in [1.54, 1.807) is 57.4 Å². The molecule has 4 aromatic rings. The quantitative estimate of drug-likeness (QED) is 0.177. The van der Waals surface area contributed by atoms with Crippen LogP contribution in [0.2, 0.25) is 5.02 Å². The molecule has 1 heterocycles. The van der Waals surface area contributed by atoms with Crippen LogP contribution in [0, 0.1) is 0 Å². The molecule has 0 bridgehead atoms. The summed E-state index contributed by atoms with van der Waals surface area (Å²) in [6.45, 7) is 3.84.